The second-order valence-corrected chi connectivity index (χ2v) is 4.07. The quantitative estimate of drug-likeness (QED) is 0.603. The molecular weight excluding hydrogens is 198 g/mol. The number of carbonyl (C=O) groups is 1. The maximum atomic E-state index is 11.8. The van der Waals surface area contributed by atoms with E-state index in [2.05, 4.69) is 13.8 Å². The molecule has 14 heavy (non-hydrogen) atoms. The van der Waals surface area contributed by atoms with E-state index in [1.807, 2.05) is 7.05 Å². The van der Waals surface area contributed by atoms with Gasteiger partial charge in [0.25, 0.3) is 0 Å². The Bertz CT molecular complexity index is 161. The lowest BCUT2D eigenvalue weighted by molar-refractivity contribution is -0.134. The third-order valence-corrected chi connectivity index (χ3v) is 2.71. The Morgan fingerprint density at radius 2 is 2.07 bits per heavy atom. The van der Waals surface area contributed by atoms with Crippen molar-refractivity contribution in [2.24, 2.45) is 5.92 Å². The van der Waals surface area contributed by atoms with Gasteiger partial charge in [0.05, 0.1) is 0 Å². The van der Waals surface area contributed by atoms with E-state index in [4.69, 9.17) is 11.6 Å². The zero-order valence-electron chi connectivity index (χ0n) is 9.55. The van der Waals surface area contributed by atoms with Gasteiger partial charge in [0.15, 0.2) is 0 Å². The number of carbonyl (C=O) groups excluding carboxylic acids is 1. The molecule has 0 heterocycles. The first kappa shape index (κ1) is 13.8. The molecule has 0 aromatic carbocycles. The normalized spacial score (nSPS) is 12.6. The molecule has 1 unspecified atom stereocenters. The molecule has 0 spiro atoms. The van der Waals surface area contributed by atoms with Crippen LogP contribution in [0.3, 0.4) is 0 Å². The Labute approximate surface area is 92.6 Å². The Hall–Kier alpha value is -0.240. The fourth-order valence-corrected chi connectivity index (χ4v) is 1.75. The molecule has 0 bridgehead atoms. The molecular formula is C11H22ClNO. The van der Waals surface area contributed by atoms with Crippen molar-refractivity contribution in [1.29, 1.82) is 0 Å². The fraction of sp³-hybridized carbons (Fsp3) is 0.909. The number of hydrogen-bond donors (Lipinski definition) is 0. The van der Waals surface area contributed by atoms with Gasteiger partial charge in [-0.2, -0.15) is 0 Å². The lowest BCUT2D eigenvalue weighted by atomic mass is 9.98. The average Bonchev–Trinajstić information content (AvgIpc) is 2.19. The van der Waals surface area contributed by atoms with E-state index in [-0.39, 0.29) is 11.8 Å². The van der Waals surface area contributed by atoms with Gasteiger partial charge < -0.3 is 4.90 Å². The summed E-state index contributed by atoms with van der Waals surface area (Å²) >= 11 is 5.60. The highest BCUT2D eigenvalue weighted by Crippen LogP contribution is 2.15. The van der Waals surface area contributed by atoms with Crippen LogP contribution in [0.1, 0.15) is 39.5 Å². The zero-order valence-corrected chi connectivity index (χ0v) is 10.3. The van der Waals surface area contributed by atoms with Crippen LogP contribution < -0.4 is 0 Å². The van der Waals surface area contributed by atoms with Gasteiger partial charge in [-0.1, -0.05) is 26.7 Å². The second-order valence-electron chi connectivity index (χ2n) is 3.70. The van der Waals surface area contributed by atoms with E-state index in [1.165, 1.54) is 0 Å². The summed E-state index contributed by atoms with van der Waals surface area (Å²) in [6.45, 7) is 4.88. The van der Waals surface area contributed by atoms with Crippen molar-refractivity contribution in [2.45, 2.75) is 39.5 Å². The van der Waals surface area contributed by atoms with Crippen molar-refractivity contribution in [1.82, 2.24) is 4.90 Å². The number of halogens is 1. The Kier molecular flexibility index (Phi) is 7.96. The highest BCUT2D eigenvalue weighted by atomic mass is 35.5. The zero-order chi connectivity index (χ0) is 11.0. The number of rotatable bonds is 7. The summed E-state index contributed by atoms with van der Waals surface area (Å²) < 4.78 is 0. The van der Waals surface area contributed by atoms with Gasteiger partial charge >= 0.3 is 0 Å². The standard InChI is InChI=1S/C11H22ClNO/c1-4-6-7-10(5-2)11(14)13(3)9-8-12/h10H,4-9H2,1-3H3. The number of hydrogen-bond acceptors (Lipinski definition) is 1. The molecule has 0 fully saturated rings. The summed E-state index contributed by atoms with van der Waals surface area (Å²) in [5, 5.41) is 0. The molecule has 84 valence electrons. The van der Waals surface area contributed by atoms with Gasteiger partial charge in [-0.25, -0.2) is 0 Å². The molecule has 0 aliphatic heterocycles. The molecule has 0 aromatic rings. The first-order valence-electron chi connectivity index (χ1n) is 5.48. The van der Waals surface area contributed by atoms with E-state index < -0.39 is 0 Å². The van der Waals surface area contributed by atoms with Gasteiger partial charge in [-0.3, -0.25) is 4.79 Å². The van der Waals surface area contributed by atoms with Gasteiger partial charge in [0, 0.05) is 25.4 Å². The van der Waals surface area contributed by atoms with Crippen LogP contribution in [0, 0.1) is 5.92 Å². The number of unbranched alkanes of at least 4 members (excludes halogenated alkanes) is 1. The Balaban J connectivity index is 4.01. The second kappa shape index (κ2) is 8.10. The minimum absolute atomic E-state index is 0.197. The number of nitrogens with zero attached hydrogens (tertiary/aromatic N) is 1. The van der Waals surface area contributed by atoms with Gasteiger partial charge in [0.1, 0.15) is 0 Å². The first-order valence-corrected chi connectivity index (χ1v) is 6.01. The van der Waals surface area contributed by atoms with Crippen molar-refractivity contribution in [3.63, 3.8) is 0 Å². The monoisotopic (exact) mass is 219 g/mol. The molecule has 0 N–H and O–H groups in total. The van der Waals surface area contributed by atoms with Crippen molar-refractivity contribution < 1.29 is 4.79 Å². The number of amides is 1. The van der Waals surface area contributed by atoms with Crippen molar-refractivity contribution in [3.8, 4) is 0 Å². The van der Waals surface area contributed by atoms with Crippen molar-refractivity contribution >= 4 is 17.5 Å². The number of alkyl halides is 1. The van der Waals surface area contributed by atoms with Crippen LogP contribution in [0.15, 0.2) is 0 Å². The van der Waals surface area contributed by atoms with Gasteiger partial charge in [0.2, 0.25) is 5.91 Å². The molecule has 0 rings (SSSR count). The average molecular weight is 220 g/mol. The predicted octanol–water partition coefficient (Wildman–Crippen LogP) is 2.90. The van der Waals surface area contributed by atoms with Gasteiger partial charge in [-0.15, -0.1) is 11.6 Å². The van der Waals surface area contributed by atoms with E-state index in [0.29, 0.717) is 12.4 Å². The van der Waals surface area contributed by atoms with Crippen LogP contribution in [0.4, 0.5) is 0 Å². The minimum Gasteiger partial charge on any atom is -0.344 e. The molecule has 0 aromatic heterocycles. The van der Waals surface area contributed by atoms with Crippen molar-refractivity contribution in [3.05, 3.63) is 0 Å². The predicted molar refractivity (Wildman–Crippen MR) is 61.7 cm³/mol. The SMILES string of the molecule is CCCCC(CC)C(=O)N(C)CCCl. The van der Waals surface area contributed by atoms with Crippen LogP contribution in [0.25, 0.3) is 0 Å². The highest BCUT2D eigenvalue weighted by molar-refractivity contribution is 6.18. The summed E-state index contributed by atoms with van der Waals surface area (Å²) in [6, 6.07) is 0. The van der Waals surface area contributed by atoms with E-state index in [9.17, 15) is 4.79 Å². The maximum Gasteiger partial charge on any atom is 0.225 e. The Morgan fingerprint density at radius 3 is 2.50 bits per heavy atom. The van der Waals surface area contributed by atoms with Crippen LogP contribution in [-0.4, -0.2) is 30.3 Å². The lowest BCUT2D eigenvalue weighted by Gasteiger charge is -2.22. The fourth-order valence-electron chi connectivity index (χ4n) is 1.50. The smallest absolute Gasteiger partial charge is 0.225 e. The highest BCUT2D eigenvalue weighted by Gasteiger charge is 2.18. The van der Waals surface area contributed by atoms with E-state index in [1.54, 1.807) is 4.90 Å². The molecule has 1 amide bonds. The summed E-state index contributed by atoms with van der Waals surface area (Å²) in [6.07, 6.45) is 4.24. The van der Waals surface area contributed by atoms with Crippen LogP contribution >= 0.6 is 11.6 Å². The molecule has 2 nitrogen and oxygen atoms in total. The molecule has 0 saturated carbocycles. The molecule has 0 aliphatic rings. The van der Waals surface area contributed by atoms with Gasteiger partial charge in [-0.05, 0) is 12.8 Å². The molecule has 0 aliphatic carbocycles. The third-order valence-electron chi connectivity index (χ3n) is 2.54. The molecule has 1 atom stereocenters. The summed E-state index contributed by atoms with van der Waals surface area (Å²) in [7, 11) is 1.83. The first-order chi connectivity index (χ1) is 6.67. The topological polar surface area (TPSA) is 20.3 Å². The summed E-state index contributed by atoms with van der Waals surface area (Å²) in [5.74, 6) is 0.969. The Morgan fingerprint density at radius 1 is 1.43 bits per heavy atom. The summed E-state index contributed by atoms with van der Waals surface area (Å²) in [4.78, 5) is 13.6. The molecule has 0 radical (unpaired) electrons. The minimum atomic E-state index is 0.197. The van der Waals surface area contributed by atoms with Crippen LogP contribution in [-0.2, 0) is 4.79 Å². The summed E-state index contributed by atoms with van der Waals surface area (Å²) in [5.41, 5.74) is 0. The largest absolute Gasteiger partial charge is 0.344 e. The van der Waals surface area contributed by atoms with E-state index in [0.717, 1.165) is 25.7 Å². The molecule has 3 heteroatoms. The lowest BCUT2D eigenvalue weighted by Crippen LogP contribution is -2.34. The van der Waals surface area contributed by atoms with Crippen LogP contribution in [0.2, 0.25) is 0 Å². The van der Waals surface area contributed by atoms with E-state index >= 15 is 0 Å². The maximum absolute atomic E-state index is 11.8. The van der Waals surface area contributed by atoms with Crippen molar-refractivity contribution in [2.75, 3.05) is 19.5 Å². The molecule has 0 saturated heterocycles. The third kappa shape index (κ3) is 4.85. The van der Waals surface area contributed by atoms with Crippen LogP contribution in [0.5, 0.6) is 0 Å².